The minimum atomic E-state index is -1.49. The molecular formula is C23H35BFN5O. The number of likely N-dealkylation sites (N-methyl/N-ethyl adjacent to an activating group) is 1. The number of hydrogen-bond donors (Lipinski definition) is 1. The molecule has 1 aromatic heterocycles. The van der Waals surface area contributed by atoms with Crippen molar-refractivity contribution in [2.75, 3.05) is 45.8 Å². The molecule has 168 valence electrons. The van der Waals surface area contributed by atoms with Crippen LogP contribution in [0, 0.1) is 0 Å². The minimum absolute atomic E-state index is 0.00475. The number of carbonyl (C=O) groups excluding carboxylic acids is 1. The Morgan fingerprint density at radius 3 is 2.48 bits per heavy atom. The maximum absolute atomic E-state index is 15.0. The summed E-state index contributed by atoms with van der Waals surface area (Å²) in [7, 11) is -1.49. The van der Waals surface area contributed by atoms with E-state index >= 15 is 0 Å². The third-order valence-corrected chi connectivity index (χ3v) is 6.24. The summed E-state index contributed by atoms with van der Waals surface area (Å²) in [5.41, 5.74) is 4.36. The van der Waals surface area contributed by atoms with Gasteiger partial charge in [-0.25, -0.2) is 0 Å². The fraction of sp³-hybridized carbons (Fsp3) is 0.565. The first kappa shape index (κ1) is 23.5. The van der Waals surface area contributed by atoms with E-state index < -0.39 is 7.26 Å². The third kappa shape index (κ3) is 6.40. The van der Waals surface area contributed by atoms with Crippen LogP contribution < -0.4 is 5.32 Å². The summed E-state index contributed by atoms with van der Waals surface area (Å²) >= 11 is 0. The zero-order chi connectivity index (χ0) is 22.4. The van der Waals surface area contributed by atoms with Crippen LogP contribution in [0.25, 0.3) is 6.08 Å². The van der Waals surface area contributed by atoms with Gasteiger partial charge in [0.1, 0.15) is 0 Å². The van der Waals surface area contributed by atoms with Gasteiger partial charge >= 0.3 is 7.26 Å². The largest absolute Gasteiger partial charge is 0.611 e. The maximum Gasteiger partial charge on any atom is 0.611 e. The second kappa shape index (κ2) is 10.9. The molecule has 1 saturated heterocycles. The van der Waals surface area contributed by atoms with Crippen LogP contribution in [0.2, 0.25) is 0 Å². The van der Waals surface area contributed by atoms with E-state index in [1.54, 1.807) is 4.48 Å². The molecule has 2 aliphatic rings. The number of aryl methyl sites for hydroxylation is 1. The van der Waals surface area contributed by atoms with Crippen molar-refractivity contribution in [1.29, 1.82) is 0 Å². The summed E-state index contributed by atoms with van der Waals surface area (Å²) in [6.45, 7) is 15.0. The van der Waals surface area contributed by atoms with Gasteiger partial charge in [0, 0.05) is 62.8 Å². The molecule has 0 spiro atoms. The van der Waals surface area contributed by atoms with E-state index in [1.165, 1.54) is 0 Å². The molecule has 2 aliphatic heterocycles. The number of piperazine rings is 1. The average Bonchev–Trinajstić information content (AvgIpc) is 3.15. The Morgan fingerprint density at radius 2 is 1.77 bits per heavy atom. The Morgan fingerprint density at radius 1 is 1.10 bits per heavy atom. The monoisotopic (exact) mass is 427 g/mol. The van der Waals surface area contributed by atoms with Gasteiger partial charge in [0.2, 0.25) is 5.91 Å². The third-order valence-electron chi connectivity index (χ3n) is 6.24. The molecule has 0 radical (unpaired) electrons. The second-order valence-electron chi connectivity index (χ2n) is 8.48. The number of amides is 1. The SMILES string of the molecule is CCN1CCN(CCNC(=O)CCc2ccc3n2B(F)N=C(C)/C=C(/C)C(C)=C3)CC1. The van der Waals surface area contributed by atoms with E-state index in [1.807, 2.05) is 45.1 Å². The van der Waals surface area contributed by atoms with Gasteiger partial charge in [-0.3, -0.25) is 18.9 Å². The van der Waals surface area contributed by atoms with Crippen molar-refractivity contribution in [3.05, 3.63) is 40.7 Å². The summed E-state index contributed by atoms with van der Waals surface area (Å²) in [6, 6.07) is 3.81. The van der Waals surface area contributed by atoms with Gasteiger partial charge in [-0.1, -0.05) is 6.92 Å². The smallest absolute Gasteiger partial charge is 0.355 e. The fourth-order valence-corrected chi connectivity index (χ4v) is 4.13. The van der Waals surface area contributed by atoms with Crippen LogP contribution in [0.1, 0.15) is 45.5 Å². The molecule has 31 heavy (non-hydrogen) atoms. The van der Waals surface area contributed by atoms with E-state index in [0.717, 1.165) is 61.8 Å². The molecule has 1 amide bonds. The molecule has 8 heteroatoms. The van der Waals surface area contributed by atoms with Gasteiger partial charge in [-0.2, -0.15) is 0 Å². The number of hydrogen-bond acceptors (Lipinski definition) is 4. The lowest BCUT2D eigenvalue weighted by molar-refractivity contribution is -0.121. The summed E-state index contributed by atoms with van der Waals surface area (Å²) in [5.74, 6) is 0.00475. The fourth-order valence-electron chi connectivity index (χ4n) is 4.13. The molecule has 3 rings (SSSR count). The number of nitrogens with zero attached hydrogens (tertiary/aromatic N) is 4. The summed E-state index contributed by atoms with van der Waals surface area (Å²) in [5, 5.41) is 3.02. The van der Waals surface area contributed by atoms with Gasteiger partial charge in [0.05, 0.1) is 0 Å². The maximum atomic E-state index is 15.0. The Kier molecular flexibility index (Phi) is 8.26. The van der Waals surface area contributed by atoms with Crippen LogP contribution >= 0.6 is 0 Å². The van der Waals surface area contributed by atoms with Crippen LogP contribution in [-0.4, -0.2) is 79.0 Å². The molecule has 1 N–H and O–H groups in total. The highest BCUT2D eigenvalue weighted by Crippen LogP contribution is 2.21. The van der Waals surface area contributed by atoms with Gasteiger partial charge in [-0.05, 0) is 69.2 Å². The van der Waals surface area contributed by atoms with Gasteiger partial charge in [-0.15, -0.1) is 0 Å². The molecule has 0 aliphatic carbocycles. The highest BCUT2D eigenvalue weighted by atomic mass is 19.1. The predicted octanol–water partition coefficient (Wildman–Crippen LogP) is 2.80. The van der Waals surface area contributed by atoms with Crippen molar-refractivity contribution in [1.82, 2.24) is 19.6 Å². The molecule has 1 aromatic rings. The second-order valence-corrected chi connectivity index (χ2v) is 8.48. The highest BCUT2D eigenvalue weighted by molar-refractivity contribution is 6.50. The molecule has 0 saturated carbocycles. The Labute approximate surface area is 186 Å². The van der Waals surface area contributed by atoms with Crippen molar-refractivity contribution in [3.63, 3.8) is 0 Å². The minimum Gasteiger partial charge on any atom is -0.355 e. The van der Waals surface area contributed by atoms with E-state index in [2.05, 4.69) is 26.9 Å². The van der Waals surface area contributed by atoms with Gasteiger partial charge < -0.3 is 14.7 Å². The first-order valence-corrected chi connectivity index (χ1v) is 11.3. The van der Waals surface area contributed by atoms with Gasteiger partial charge in [0.15, 0.2) is 0 Å². The van der Waals surface area contributed by atoms with E-state index in [-0.39, 0.29) is 5.91 Å². The number of nitrogens with one attached hydrogen (secondary N) is 1. The van der Waals surface area contributed by atoms with Crippen molar-refractivity contribution >= 4 is 25.0 Å². The molecule has 6 nitrogen and oxygen atoms in total. The zero-order valence-electron chi connectivity index (χ0n) is 19.3. The summed E-state index contributed by atoms with van der Waals surface area (Å²) in [4.78, 5) is 21.4. The van der Waals surface area contributed by atoms with Crippen LogP contribution in [0.3, 0.4) is 0 Å². The average molecular weight is 427 g/mol. The Hall–Kier alpha value is -2.19. The number of fused-ring (bicyclic) bond motifs is 1. The lowest BCUT2D eigenvalue weighted by Crippen LogP contribution is -2.48. The number of carbonyl (C=O) groups is 1. The molecule has 0 bridgehead atoms. The molecule has 1 fully saturated rings. The quantitative estimate of drug-likeness (QED) is 0.681. The number of allylic oxidation sites excluding steroid dienone is 3. The Bertz CT molecular complexity index is 867. The van der Waals surface area contributed by atoms with Crippen molar-refractivity contribution in [3.8, 4) is 0 Å². The van der Waals surface area contributed by atoms with Crippen LogP contribution in [0.15, 0.2) is 34.3 Å². The van der Waals surface area contributed by atoms with Crippen molar-refractivity contribution in [2.45, 2.75) is 40.5 Å². The molecular weight excluding hydrogens is 392 g/mol. The molecule has 3 heterocycles. The first-order chi connectivity index (χ1) is 14.9. The van der Waals surface area contributed by atoms with E-state index in [9.17, 15) is 9.11 Å². The first-order valence-electron chi connectivity index (χ1n) is 11.3. The highest BCUT2D eigenvalue weighted by Gasteiger charge is 2.24. The Balaban J connectivity index is 1.54. The lowest BCUT2D eigenvalue weighted by atomic mass is 10.0. The molecule has 0 atom stereocenters. The van der Waals surface area contributed by atoms with Crippen molar-refractivity contribution in [2.24, 2.45) is 4.90 Å². The van der Waals surface area contributed by atoms with Crippen LogP contribution in [-0.2, 0) is 11.2 Å². The summed E-state index contributed by atoms with van der Waals surface area (Å²) in [6.07, 6.45) is 4.70. The zero-order valence-corrected chi connectivity index (χ0v) is 19.3. The lowest BCUT2D eigenvalue weighted by Gasteiger charge is -2.33. The van der Waals surface area contributed by atoms with Gasteiger partial charge in [0.25, 0.3) is 0 Å². The van der Waals surface area contributed by atoms with Crippen LogP contribution in [0.5, 0.6) is 0 Å². The number of aromatic nitrogens is 1. The van der Waals surface area contributed by atoms with E-state index in [4.69, 9.17) is 0 Å². The summed E-state index contributed by atoms with van der Waals surface area (Å²) < 4.78 is 16.6. The number of rotatable bonds is 7. The predicted molar refractivity (Wildman–Crippen MR) is 127 cm³/mol. The number of halogens is 1. The molecule has 0 unspecified atom stereocenters. The van der Waals surface area contributed by atoms with E-state index in [0.29, 0.717) is 25.1 Å². The van der Waals surface area contributed by atoms with Crippen molar-refractivity contribution < 1.29 is 9.11 Å². The van der Waals surface area contributed by atoms with Crippen LogP contribution in [0.4, 0.5) is 4.32 Å². The standard InChI is InChI=1S/C23H35BFN5O/c1-5-28-12-14-29(15-13-28)11-10-26-23(31)9-8-21-6-7-22-17-19(3)18(2)16-20(4)27-24(25)30(21)22/h6-7,16-17H,5,8-15H2,1-4H3,(H,26,31)/b18-16-,19-17?,27-20?. The topological polar surface area (TPSA) is 52.9 Å². The molecule has 0 aromatic carbocycles. The normalized spacial score (nSPS) is 20.0.